The number of ether oxygens (including phenoxy) is 2. The molecule has 5 rings (SSSR count). The molecule has 2 aliphatic carbocycles. The number of nitrogens with zero attached hydrogens (tertiary/aromatic N) is 1. The number of halogens is 1. The van der Waals surface area contributed by atoms with E-state index in [0.717, 1.165) is 41.5 Å². The zero-order chi connectivity index (χ0) is 27.1. The fraction of sp³-hybridized carbons (Fsp3) is 0.567. The van der Waals surface area contributed by atoms with Crippen LogP contribution in [0.25, 0.3) is 11.1 Å². The molecule has 1 saturated carbocycles. The van der Waals surface area contributed by atoms with Crippen molar-refractivity contribution < 1.29 is 24.5 Å². The predicted molar refractivity (Wildman–Crippen MR) is 147 cm³/mol. The maximum atomic E-state index is 13.5. The number of nitrogens with two attached hydrogens (primary N) is 1. The van der Waals surface area contributed by atoms with Crippen LogP contribution in [0.5, 0.6) is 0 Å². The summed E-state index contributed by atoms with van der Waals surface area (Å²) in [5, 5.41) is 23.3. The van der Waals surface area contributed by atoms with Crippen LogP contribution in [0, 0.1) is 5.92 Å². The summed E-state index contributed by atoms with van der Waals surface area (Å²) < 4.78 is 11.7. The third-order valence-corrected chi connectivity index (χ3v) is 9.11. The molecule has 2 fully saturated rings. The van der Waals surface area contributed by atoms with Crippen LogP contribution in [0.3, 0.4) is 0 Å². The Morgan fingerprint density at radius 1 is 1.26 bits per heavy atom. The van der Waals surface area contributed by atoms with Crippen molar-refractivity contribution in [1.82, 2.24) is 4.90 Å². The van der Waals surface area contributed by atoms with Crippen LogP contribution < -0.4 is 5.73 Å². The summed E-state index contributed by atoms with van der Waals surface area (Å²) in [7, 11) is 1.67. The van der Waals surface area contributed by atoms with Crippen LogP contribution in [0.2, 0.25) is 5.02 Å². The molecule has 2 aromatic rings. The van der Waals surface area contributed by atoms with Crippen molar-refractivity contribution in [1.29, 1.82) is 0 Å². The first-order valence-electron chi connectivity index (χ1n) is 13.8. The third kappa shape index (κ3) is 4.47. The van der Waals surface area contributed by atoms with Gasteiger partial charge in [0.05, 0.1) is 19.3 Å². The Labute approximate surface area is 229 Å². The average molecular weight is 543 g/mol. The quantitative estimate of drug-likeness (QED) is 0.439. The van der Waals surface area contributed by atoms with Crippen LogP contribution >= 0.6 is 11.6 Å². The Kier molecular flexibility index (Phi) is 7.89. The maximum Gasteiger partial charge on any atom is 0.226 e. The number of amides is 1. The minimum Gasteiger partial charge on any atom is -0.391 e. The van der Waals surface area contributed by atoms with Crippen molar-refractivity contribution in [3.63, 3.8) is 0 Å². The van der Waals surface area contributed by atoms with E-state index in [1.807, 2.05) is 24.3 Å². The van der Waals surface area contributed by atoms with Crippen LogP contribution in [-0.2, 0) is 31.9 Å². The Bertz CT molecular complexity index is 1180. The Hall–Kier alpha value is -2.00. The molecule has 3 aliphatic rings. The highest BCUT2D eigenvalue weighted by Crippen LogP contribution is 2.62. The van der Waals surface area contributed by atoms with Crippen LogP contribution in [-0.4, -0.2) is 66.6 Å². The zero-order valence-electron chi connectivity index (χ0n) is 22.3. The zero-order valence-corrected chi connectivity index (χ0v) is 23.0. The predicted octanol–water partition coefficient (Wildman–Crippen LogP) is 3.74. The lowest BCUT2D eigenvalue weighted by atomic mass is 9.56. The number of aryl methyl sites for hydroxylation is 1. The molecule has 8 heteroatoms. The Morgan fingerprint density at radius 2 is 2.08 bits per heavy atom. The minimum atomic E-state index is -1.33. The average Bonchev–Trinajstić information content (AvgIpc) is 3.28. The first kappa shape index (κ1) is 27.6. The number of aliphatic hydroxyl groups excluding tert-OH is 1. The molecule has 7 nitrogen and oxygen atoms in total. The minimum absolute atomic E-state index is 0.0281. The molecule has 5 atom stereocenters. The molecule has 0 bridgehead atoms. The summed E-state index contributed by atoms with van der Waals surface area (Å²) >= 11 is 6.82. The number of methoxy groups -OCH3 is 1. The molecule has 0 radical (unpaired) electrons. The molecule has 2 aromatic carbocycles. The number of hydrogen-bond donors (Lipinski definition) is 3. The molecular formula is C30H39ClN2O5. The van der Waals surface area contributed by atoms with Crippen molar-refractivity contribution in [3.05, 3.63) is 58.1 Å². The topological polar surface area (TPSA) is 105 Å². The van der Waals surface area contributed by atoms with Gasteiger partial charge < -0.3 is 30.3 Å². The SMILES string of the molecule is CCc1cccc(-c2c(Cl)ccc3c2[C@](O)(CCCCOC)[C@]32CN(C(=O)[C@H]3C[C@@H](N)[C@@H](O)C3)CCO2)c1. The van der Waals surface area contributed by atoms with E-state index in [4.69, 9.17) is 26.8 Å². The highest BCUT2D eigenvalue weighted by Gasteiger charge is 2.66. The Morgan fingerprint density at radius 3 is 2.79 bits per heavy atom. The fourth-order valence-corrected chi connectivity index (χ4v) is 6.99. The molecule has 1 amide bonds. The molecule has 0 aromatic heterocycles. The van der Waals surface area contributed by atoms with E-state index in [1.54, 1.807) is 12.0 Å². The molecule has 1 saturated heterocycles. The first-order chi connectivity index (χ1) is 18.3. The van der Waals surface area contributed by atoms with Gasteiger partial charge in [0.2, 0.25) is 5.91 Å². The normalized spacial score (nSPS) is 30.4. The van der Waals surface area contributed by atoms with Gasteiger partial charge in [-0.15, -0.1) is 0 Å². The number of morpholine rings is 1. The van der Waals surface area contributed by atoms with Gasteiger partial charge in [-0.25, -0.2) is 0 Å². The fourth-order valence-electron chi connectivity index (χ4n) is 6.72. The summed E-state index contributed by atoms with van der Waals surface area (Å²) in [4.78, 5) is 15.3. The summed E-state index contributed by atoms with van der Waals surface area (Å²) in [6.07, 6.45) is 3.06. The second-order valence-corrected chi connectivity index (χ2v) is 11.5. The molecule has 38 heavy (non-hydrogen) atoms. The van der Waals surface area contributed by atoms with Crippen molar-refractivity contribution in [2.24, 2.45) is 11.7 Å². The van der Waals surface area contributed by atoms with E-state index in [9.17, 15) is 15.0 Å². The van der Waals surface area contributed by atoms with Gasteiger partial charge in [-0.05, 0) is 61.3 Å². The lowest BCUT2D eigenvalue weighted by molar-refractivity contribution is -0.255. The van der Waals surface area contributed by atoms with E-state index in [0.29, 0.717) is 44.0 Å². The van der Waals surface area contributed by atoms with Gasteiger partial charge in [0.25, 0.3) is 0 Å². The van der Waals surface area contributed by atoms with Gasteiger partial charge in [0.1, 0.15) is 11.2 Å². The largest absolute Gasteiger partial charge is 0.391 e. The number of unbranched alkanes of at least 4 members (excludes halogenated alkanes) is 1. The van der Waals surface area contributed by atoms with Crippen LogP contribution in [0.1, 0.15) is 55.7 Å². The highest BCUT2D eigenvalue weighted by atomic mass is 35.5. The molecule has 4 N–H and O–H groups in total. The van der Waals surface area contributed by atoms with E-state index in [1.165, 1.54) is 5.56 Å². The number of fused-ring (bicyclic) bond motifs is 2. The van der Waals surface area contributed by atoms with Crippen LogP contribution in [0.4, 0.5) is 0 Å². The lowest BCUT2D eigenvalue weighted by Gasteiger charge is -2.60. The van der Waals surface area contributed by atoms with Gasteiger partial charge in [-0.1, -0.05) is 48.9 Å². The third-order valence-electron chi connectivity index (χ3n) is 8.79. The lowest BCUT2D eigenvalue weighted by Crippen LogP contribution is -2.68. The summed E-state index contributed by atoms with van der Waals surface area (Å²) in [5.41, 5.74) is 8.29. The van der Waals surface area contributed by atoms with Crippen molar-refractivity contribution >= 4 is 17.5 Å². The van der Waals surface area contributed by atoms with Crippen molar-refractivity contribution in [3.8, 4) is 11.1 Å². The van der Waals surface area contributed by atoms with E-state index >= 15 is 0 Å². The monoisotopic (exact) mass is 542 g/mol. The van der Waals surface area contributed by atoms with Gasteiger partial charge >= 0.3 is 0 Å². The van der Waals surface area contributed by atoms with Gasteiger partial charge in [-0.3, -0.25) is 4.79 Å². The Balaban J connectivity index is 1.55. The number of carbonyl (C=O) groups is 1. The van der Waals surface area contributed by atoms with Gasteiger partial charge in [0.15, 0.2) is 0 Å². The molecule has 206 valence electrons. The maximum absolute atomic E-state index is 13.5. The number of benzene rings is 2. The van der Waals surface area contributed by atoms with E-state index in [2.05, 4.69) is 19.1 Å². The number of carbonyl (C=O) groups excluding carboxylic acids is 1. The molecule has 1 spiro atoms. The van der Waals surface area contributed by atoms with Crippen molar-refractivity contribution in [2.45, 2.75) is 68.8 Å². The molecule has 0 unspecified atom stereocenters. The van der Waals surface area contributed by atoms with Crippen LogP contribution in [0.15, 0.2) is 36.4 Å². The number of aliphatic hydroxyl groups is 2. The number of rotatable bonds is 8. The molecular weight excluding hydrogens is 504 g/mol. The first-order valence-corrected chi connectivity index (χ1v) is 14.1. The number of hydrogen-bond acceptors (Lipinski definition) is 6. The van der Waals surface area contributed by atoms with Crippen molar-refractivity contribution in [2.75, 3.05) is 33.4 Å². The van der Waals surface area contributed by atoms with Gasteiger partial charge in [0, 0.05) is 48.4 Å². The molecule has 1 aliphatic heterocycles. The summed E-state index contributed by atoms with van der Waals surface area (Å²) in [6.45, 7) is 3.72. The smallest absolute Gasteiger partial charge is 0.226 e. The summed E-state index contributed by atoms with van der Waals surface area (Å²) in [6, 6.07) is 11.7. The van der Waals surface area contributed by atoms with Gasteiger partial charge in [-0.2, -0.15) is 0 Å². The molecule has 1 heterocycles. The second kappa shape index (κ2) is 10.9. The van der Waals surface area contributed by atoms with E-state index < -0.39 is 17.3 Å². The standard InChI is InChI=1S/C30H39ClN2O5/c1-3-19-7-6-8-20(15-19)26-23(31)10-9-22-27(26)29(36,11-4-5-13-37-2)30(22)18-33(12-14-38-30)28(35)21-16-24(32)25(34)17-21/h6-10,15,21,24-25,34,36H,3-5,11-14,16-18,32H2,1-2H3/t21-,24+,25-,29+,30-/m0/s1. The van der Waals surface area contributed by atoms with E-state index in [-0.39, 0.29) is 24.4 Å². The second-order valence-electron chi connectivity index (χ2n) is 11.0. The highest BCUT2D eigenvalue weighted by molar-refractivity contribution is 6.33. The summed E-state index contributed by atoms with van der Waals surface area (Å²) in [5.74, 6) is -0.346.